The van der Waals surface area contributed by atoms with E-state index in [-0.39, 0.29) is 19.1 Å². The monoisotopic (exact) mass is 471 g/mol. The molecule has 9 heteroatoms. The fraction of sp³-hybridized carbons (Fsp3) is 0.640. The van der Waals surface area contributed by atoms with Crippen molar-refractivity contribution in [2.75, 3.05) is 33.3 Å². The van der Waals surface area contributed by atoms with Gasteiger partial charge in [0.2, 0.25) is 0 Å². The molecule has 3 unspecified atom stereocenters. The Morgan fingerprint density at radius 3 is 2.62 bits per heavy atom. The Morgan fingerprint density at radius 2 is 1.94 bits per heavy atom. The summed E-state index contributed by atoms with van der Waals surface area (Å²) < 4.78 is 6.05. The largest absolute Gasteiger partial charge is 0.491 e. The topological polar surface area (TPSA) is 97.7 Å². The van der Waals surface area contributed by atoms with Crippen molar-refractivity contribution in [3.8, 4) is 5.75 Å². The zero-order valence-electron chi connectivity index (χ0n) is 20.8. The van der Waals surface area contributed by atoms with Crippen LogP contribution in [0.5, 0.6) is 5.75 Å². The average molecular weight is 472 g/mol. The van der Waals surface area contributed by atoms with Gasteiger partial charge in [-0.1, -0.05) is 32.9 Å². The first-order valence-electron chi connectivity index (χ1n) is 12.2. The lowest BCUT2D eigenvalue weighted by Gasteiger charge is -2.39. The second kappa shape index (κ2) is 9.82. The number of guanidine groups is 1. The molecule has 4 rings (SSSR count). The summed E-state index contributed by atoms with van der Waals surface area (Å²) in [6.07, 6.45) is 0.636. The molecule has 1 aromatic carbocycles. The molecular weight excluding hydrogens is 434 g/mol. The van der Waals surface area contributed by atoms with E-state index in [1.165, 1.54) is 4.90 Å². The highest BCUT2D eigenvalue weighted by Gasteiger charge is 2.50. The number of carbonyl (C=O) groups is 2. The first-order chi connectivity index (χ1) is 16.2. The third-order valence-electron chi connectivity index (χ3n) is 7.03. The van der Waals surface area contributed by atoms with E-state index in [4.69, 9.17) is 9.73 Å². The highest BCUT2D eigenvalue weighted by Crippen LogP contribution is 2.29. The number of hydrogen-bond acceptors (Lipinski definition) is 7. The molecule has 3 heterocycles. The van der Waals surface area contributed by atoms with E-state index in [9.17, 15) is 14.7 Å². The summed E-state index contributed by atoms with van der Waals surface area (Å²) in [5.74, 6) is 2.01. The summed E-state index contributed by atoms with van der Waals surface area (Å²) >= 11 is 0. The van der Waals surface area contributed by atoms with E-state index in [2.05, 4.69) is 43.1 Å². The minimum atomic E-state index is -0.844. The number of urea groups is 1. The van der Waals surface area contributed by atoms with E-state index in [0.717, 1.165) is 42.8 Å². The van der Waals surface area contributed by atoms with Crippen LogP contribution in [0, 0.1) is 12.8 Å². The lowest BCUT2D eigenvalue weighted by Crippen LogP contribution is -2.65. The number of likely N-dealkylation sites (tertiary alicyclic amines) is 1. The van der Waals surface area contributed by atoms with E-state index in [1.54, 1.807) is 7.05 Å². The molecule has 0 radical (unpaired) electrons. The molecule has 1 aromatic rings. The van der Waals surface area contributed by atoms with Gasteiger partial charge in [-0.05, 0) is 48.8 Å². The molecule has 2 saturated heterocycles. The molecule has 0 saturated carbocycles. The van der Waals surface area contributed by atoms with Crippen LogP contribution in [0.1, 0.15) is 50.7 Å². The SMILES string of the molecule is Cc1ccc(C(C)C)c(OCC(O)CN2C(N3CCC(C)CC3)=NC3C2C(=O)NC(=O)N3C)c1. The van der Waals surface area contributed by atoms with Crippen molar-refractivity contribution in [1.82, 2.24) is 20.0 Å². The number of amides is 3. The first-order valence-corrected chi connectivity index (χ1v) is 12.2. The Hall–Kier alpha value is -2.81. The quantitative estimate of drug-likeness (QED) is 0.660. The number of aliphatic imine (C=N–C) groups is 1. The number of carbonyl (C=O) groups excluding carboxylic acids is 2. The third-order valence-corrected chi connectivity index (χ3v) is 7.03. The molecule has 3 atom stereocenters. The fourth-order valence-electron chi connectivity index (χ4n) is 4.89. The minimum absolute atomic E-state index is 0.0950. The van der Waals surface area contributed by atoms with Gasteiger partial charge < -0.3 is 24.5 Å². The maximum absolute atomic E-state index is 12.8. The molecule has 0 aromatic heterocycles. The normalized spacial score (nSPS) is 24.3. The molecule has 186 valence electrons. The first kappa shape index (κ1) is 24.3. The summed E-state index contributed by atoms with van der Waals surface area (Å²) in [6, 6.07) is 4.99. The lowest BCUT2D eigenvalue weighted by molar-refractivity contribution is -0.127. The number of β-amino-alcohol motifs (C(OH)–C–C–N with tert-alkyl or cyclic N) is 1. The molecule has 2 fully saturated rings. The van der Waals surface area contributed by atoms with E-state index in [0.29, 0.717) is 17.8 Å². The smallest absolute Gasteiger partial charge is 0.325 e. The molecule has 9 nitrogen and oxygen atoms in total. The van der Waals surface area contributed by atoms with Crippen LogP contribution in [0.15, 0.2) is 23.2 Å². The van der Waals surface area contributed by atoms with Crippen molar-refractivity contribution < 1.29 is 19.4 Å². The summed E-state index contributed by atoms with van der Waals surface area (Å²) in [5.41, 5.74) is 2.19. The van der Waals surface area contributed by atoms with Crippen LogP contribution in [-0.4, -0.2) is 89.3 Å². The highest BCUT2D eigenvalue weighted by atomic mass is 16.5. The number of aliphatic hydroxyl groups is 1. The predicted octanol–water partition coefficient (Wildman–Crippen LogP) is 2.14. The van der Waals surface area contributed by atoms with Crippen LogP contribution in [0.3, 0.4) is 0 Å². The number of benzene rings is 1. The molecule has 3 aliphatic rings. The van der Waals surface area contributed by atoms with Crippen LogP contribution in [-0.2, 0) is 4.79 Å². The van der Waals surface area contributed by atoms with Crippen molar-refractivity contribution in [1.29, 1.82) is 0 Å². The number of piperidine rings is 1. The summed E-state index contributed by atoms with van der Waals surface area (Å²) in [5, 5.41) is 13.4. The van der Waals surface area contributed by atoms with Gasteiger partial charge in [0.05, 0.1) is 6.54 Å². The number of aryl methyl sites for hydroxylation is 1. The van der Waals surface area contributed by atoms with Gasteiger partial charge in [-0.25, -0.2) is 9.79 Å². The Morgan fingerprint density at radius 1 is 1.24 bits per heavy atom. The van der Waals surface area contributed by atoms with Crippen molar-refractivity contribution in [2.24, 2.45) is 10.9 Å². The molecule has 0 aliphatic carbocycles. The van der Waals surface area contributed by atoms with E-state index >= 15 is 0 Å². The molecule has 3 amide bonds. The number of imide groups is 1. The molecule has 2 N–H and O–H groups in total. The maximum atomic E-state index is 12.8. The van der Waals surface area contributed by atoms with Crippen LogP contribution < -0.4 is 10.1 Å². The fourth-order valence-corrected chi connectivity index (χ4v) is 4.89. The zero-order chi connectivity index (χ0) is 24.6. The van der Waals surface area contributed by atoms with Crippen molar-refractivity contribution in [3.63, 3.8) is 0 Å². The van der Waals surface area contributed by atoms with Crippen LogP contribution >= 0.6 is 0 Å². The number of aliphatic hydroxyl groups excluding tert-OH is 1. The van der Waals surface area contributed by atoms with Crippen LogP contribution in [0.25, 0.3) is 0 Å². The molecule has 3 aliphatic heterocycles. The Kier molecular flexibility index (Phi) is 7.02. The Bertz CT molecular complexity index is 957. The van der Waals surface area contributed by atoms with E-state index in [1.807, 2.05) is 17.9 Å². The van der Waals surface area contributed by atoms with Crippen LogP contribution in [0.4, 0.5) is 4.79 Å². The average Bonchev–Trinajstić information content (AvgIpc) is 3.16. The highest BCUT2D eigenvalue weighted by molar-refractivity contribution is 6.03. The van der Waals surface area contributed by atoms with Gasteiger partial charge in [0.25, 0.3) is 5.91 Å². The van der Waals surface area contributed by atoms with Gasteiger partial charge in [0.1, 0.15) is 18.5 Å². The number of nitrogens with one attached hydrogen (secondary N) is 1. The predicted molar refractivity (Wildman–Crippen MR) is 130 cm³/mol. The van der Waals surface area contributed by atoms with Crippen molar-refractivity contribution >= 4 is 17.9 Å². The second-order valence-electron chi connectivity index (χ2n) is 10.2. The second-order valence-corrected chi connectivity index (χ2v) is 10.2. The number of nitrogens with zero attached hydrogens (tertiary/aromatic N) is 4. The number of hydrogen-bond donors (Lipinski definition) is 2. The van der Waals surface area contributed by atoms with Crippen molar-refractivity contribution in [3.05, 3.63) is 29.3 Å². The van der Waals surface area contributed by atoms with Gasteiger partial charge in [0.15, 0.2) is 18.2 Å². The third kappa shape index (κ3) is 4.85. The van der Waals surface area contributed by atoms with Gasteiger partial charge in [-0.2, -0.15) is 0 Å². The summed E-state index contributed by atoms with van der Waals surface area (Å²) in [6.45, 7) is 10.4. The lowest BCUT2D eigenvalue weighted by atomic mass is 9.99. The Labute approximate surface area is 201 Å². The maximum Gasteiger partial charge on any atom is 0.325 e. The summed E-state index contributed by atoms with van der Waals surface area (Å²) in [4.78, 5) is 35.3. The molecular formula is C25H37N5O4. The number of rotatable bonds is 6. The number of likely N-dealkylation sites (N-methyl/N-ethyl adjacent to an activating group) is 1. The van der Waals surface area contributed by atoms with Gasteiger partial charge >= 0.3 is 6.03 Å². The zero-order valence-corrected chi connectivity index (χ0v) is 20.8. The van der Waals surface area contributed by atoms with Gasteiger partial charge in [-0.15, -0.1) is 0 Å². The molecule has 0 spiro atoms. The standard InChI is InChI=1S/C25H37N5O4/c1-15(2)19-7-6-17(4)12-20(19)34-14-18(31)13-30-21-22(28(5)25(33)27-23(21)32)26-24(30)29-10-8-16(3)9-11-29/h6-7,12,15-16,18,21-22,31H,8-11,13-14H2,1-5H3,(H,27,32,33). The van der Waals surface area contributed by atoms with E-state index < -0.39 is 24.3 Å². The van der Waals surface area contributed by atoms with Gasteiger partial charge in [0, 0.05) is 20.1 Å². The Balaban J connectivity index is 1.51. The minimum Gasteiger partial charge on any atom is -0.491 e. The number of fused-ring (bicyclic) bond motifs is 1. The number of ether oxygens (including phenoxy) is 1. The molecule has 34 heavy (non-hydrogen) atoms. The summed E-state index contributed by atoms with van der Waals surface area (Å²) in [7, 11) is 1.65. The molecule has 0 bridgehead atoms. The van der Waals surface area contributed by atoms with Crippen LogP contribution in [0.2, 0.25) is 0 Å². The van der Waals surface area contributed by atoms with Crippen molar-refractivity contribution in [2.45, 2.75) is 64.8 Å². The van der Waals surface area contributed by atoms with Gasteiger partial charge in [-0.3, -0.25) is 10.1 Å².